The van der Waals surface area contributed by atoms with E-state index in [1.54, 1.807) is 12.3 Å². The minimum Gasteiger partial charge on any atom is -0.301 e. The SMILES string of the molecule is N#CCn1ccc2sccc2c1=O. The minimum absolute atomic E-state index is 0.0831. The maximum absolute atomic E-state index is 11.6. The lowest BCUT2D eigenvalue weighted by atomic mass is 10.3. The van der Waals surface area contributed by atoms with Gasteiger partial charge in [-0.05, 0) is 17.5 Å². The second kappa shape index (κ2) is 3.04. The molecule has 3 nitrogen and oxygen atoms in total. The molecule has 0 aliphatic rings. The fourth-order valence-electron chi connectivity index (χ4n) is 1.21. The number of aromatic nitrogens is 1. The highest BCUT2D eigenvalue weighted by Gasteiger charge is 2.01. The summed E-state index contributed by atoms with van der Waals surface area (Å²) >= 11 is 1.53. The van der Waals surface area contributed by atoms with Crippen LogP contribution in [-0.2, 0) is 6.54 Å². The normalized spacial score (nSPS) is 10.1. The number of hydrogen-bond donors (Lipinski definition) is 0. The van der Waals surface area contributed by atoms with E-state index in [9.17, 15) is 4.79 Å². The monoisotopic (exact) mass is 190 g/mol. The molecular weight excluding hydrogens is 184 g/mol. The van der Waals surface area contributed by atoms with Gasteiger partial charge in [-0.3, -0.25) is 4.79 Å². The Balaban J connectivity index is 2.75. The van der Waals surface area contributed by atoms with Crippen molar-refractivity contribution < 1.29 is 0 Å². The number of nitrogens with zero attached hydrogens (tertiary/aromatic N) is 2. The van der Waals surface area contributed by atoms with Gasteiger partial charge in [-0.1, -0.05) is 0 Å². The van der Waals surface area contributed by atoms with Crippen molar-refractivity contribution in [1.82, 2.24) is 4.57 Å². The van der Waals surface area contributed by atoms with Crippen LogP contribution in [0.2, 0.25) is 0 Å². The number of thiophene rings is 1. The summed E-state index contributed by atoms with van der Waals surface area (Å²) in [5.74, 6) is 0. The molecule has 0 bridgehead atoms. The Labute approximate surface area is 78.5 Å². The summed E-state index contributed by atoms with van der Waals surface area (Å²) in [6.45, 7) is 0.116. The molecule has 0 saturated heterocycles. The lowest BCUT2D eigenvalue weighted by Gasteiger charge is -1.97. The molecule has 0 atom stereocenters. The van der Waals surface area contributed by atoms with E-state index in [4.69, 9.17) is 5.26 Å². The van der Waals surface area contributed by atoms with Crippen molar-refractivity contribution in [2.45, 2.75) is 6.54 Å². The van der Waals surface area contributed by atoms with E-state index >= 15 is 0 Å². The van der Waals surface area contributed by atoms with Crippen molar-refractivity contribution in [1.29, 1.82) is 5.26 Å². The molecular formula is C9H6N2OS. The van der Waals surface area contributed by atoms with Gasteiger partial charge in [0, 0.05) is 10.9 Å². The highest BCUT2D eigenvalue weighted by Crippen LogP contribution is 2.15. The molecule has 0 aliphatic heterocycles. The molecule has 4 heteroatoms. The van der Waals surface area contributed by atoms with Gasteiger partial charge >= 0.3 is 0 Å². The fraction of sp³-hybridized carbons (Fsp3) is 0.111. The quantitative estimate of drug-likeness (QED) is 0.685. The van der Waals surface area contributed by atoms with Crippen molar-refractivity contribution in [2.75, 3.05) is 0 Å². The van der Waals surface area contributed by atoms with Crippen molar-refractivity contribution in [2.24, 2.45) is 0 Å². The standard InChI is InChI=1S/C9H6N2OS/c10-3-5-11-4-1-8-7(9(11)12)2-6-13-8/h1-2,4,6H,5H2. The third kappa shape index (κ3) is 1.23. The predicted octanol–water partition coefficient (Wildman–Crippen LogP) is 1.59. The molecule has 0 amide bonds. The maximum Gasteiger partial charge on any atom is 0.260 e. The Morgan fingerprint density at radius 3 is 3.15 bits per heavy atom. The predicted molar refractivity (Wildman–Crippen MR) is 51.7 cm³/mol. The van der Waals surface area contributed by atoms with E-state index in [0.29, 0.717) is 5.39 Å². The molecule has 0 spiro atoms. The lowest BCUT2D eigenvalue weighted by molar-refractivity contribution is 0.798. The van der Waals surface area contributed by atoms with Crippen LogP contribution in [-0.4, -0.2) is 4.57 Å². The van der Waals surface area contributed by atoms with Gasteiger partial charge in [-0.15, -0.1) is 11.3 Å². The Hall–Kier alpha value is -1.60. The van der Waals surface area contributed by atoms with Crippen LogP contribution in [0, 0.1) is 11.3 Å². The summed E-state index contributed by atoms with van der Waals surface area (Å²) in [5.41, 5.74) is -0.0831. The zero-order chi connectivity index (χ0) is 9.26. The van der Waals surface area contributed by atoms with Crippen LogP contribution in [0.1, 0.15) is 0 Å². The Bertz CT molecular complexity index is 532. The third-order valence-electron chi connectivity index (χ3n) is 1.83. The average Bonchev–Trinajstić information content (AvgIpc) is 2.58. The summed E-state index contributed by atoms with van der Waals surface area (Å²) < 4.78 is 2.38. The summed E-state index contributed by atoms with van der Waals surface area (Å²) in [6.07, 6.45) is 1.66. The summed E-state index contributed by atoms with van der Waals surface area (Å²) in [4.78, 5) is 11.6. The molecule has 0 N–H and O–H groups in total. The van der Waals surface area contributed by atoms with Crippen LogP contribution < -0.4 is 5.56 Å². The molecule has 64 valence electrons. The summed E-state index contributed by atoms with van der Waals surface area (Å²) in [7, 11) is 0. The number of fused-ring (bicyclic) bond motifs is 1. The van der Waals surface area contributed by atoms with Gasteiger partial charge in [0.1, 0.15) is 6.54 Å². The molecule has 2 aromatic heterocycles. The number of nitriles is 1. The van der Waals surface area contributed by atoms with Gasteiger partial charge in [0.15, 0.2) is 0 Å². The molecule has 0 unspecified atom stereocenters. The topological polar surface area (TPSA) is 45.8 Å². The molecule has 0 aliphatic carbocycles. The van der Waals surface area contributed by atoms with Gasteiger partial charge in [0.2, 0.25) is 0 Å². The van der Waals surface area contributed by atoms with Gasteiger partial charge < -0.3 is 4.57 Å². The summed E-state index contributed by atoms with van der Waals surface area (Å²) in [6, 6.07) is 5.60. The van der Waals surface area contributed by atoms with Crippen LogP contribution in [0.25, 0.3) is 10.1 Å². The van der Waals surface area contributed by atoms with E-state index in [1.165, 1.54) is 15.9 Å². The van der Waals surface area contributed by atoms with Crippen LogP contribution in [0.3, 0.4) is 0 Å². The first kappa shape index (κ1) is 8.02. The van der Waals surface area contributed by atoms with Crippen molar-refractivity contribution >= 4 is 21.4 Å². The van der Waals surface area contributed by atoms with Crippen LogP contribution in [0.15, 0.2) is 28.5 Å². The number of pyridine rings is 1. The van der Waals surface area contributed by atoms with Crippen molar-refractivity contribution in [3.63, 3.8) is 0 Å². The summed E-state index contributed by atoms with van der Waals surface area (Å²) in [5, 5.41) is 11.0. The molecule has 2 aromatic rings. The molecule has 13 heavy (non-hydrogen) atoms. The maximum atomic E-state index is 11.6. The smallest absolute Gasteiger partial charge is 0.260 e. The molecule has 2 rings (SSSR count). The zero-order valence-corrected chi connectivity index (χ0v) is 7.54. The minimum atomic E-state index is -0.0831. The first-order valence-corrected chi connectivity index (χ1v) is 4.64. The van der Waals surface area contributed by atoms with E-state index in [0.717, 1.165) is 4.70 Å². The highest BCUT2D eigenvalue weighted by atomic mass is 32.1. The van der Waals surface area contributed by atoms with E-state index in [1.807, 2.05) is 17.5 Å². The van der Waals surface area contributed by atoms with Gasteiger partial charge in [0.25, 0.3) is 5.56 Å². The van der Waals surface area contributed by atoms with E-state index < -0.39 is 0 Å². The average molecular weight is 190 g/mol. The Kier molecular flexibility index (Phi) is 1.87. The van der Waals surface area contributed by atoms with E-state index in [-0.39, 0.29) is 12.1 Å². The highest BCUT2D eigenvalue weighted by molar-refractivity contribution is 7.17. The third-order valence-corrected chi connectivity index (χ3v) is 2.72. The van der Waals surface area contributed by atoms with Crippen LogP contribution in [0.5, 0.6) is 0 Å². The van der Waals surface area contributed by atoms with Crippen LogP contribution in [0.4, 0.5) is 0 Å². The Morgan fingerprint density at radius 2 is 2.38 bits per heavy atom. The van der Waals surface area contributed by atoms with Gasteiger partial charge in [-0.25, -0.2) is 0 Å². The zero-order valence-electron chi connectivity index (χ0n) is 6.73. The van der Waals surface area contributed by atoms with Crippen LogP contribution >= 0.6 is 11.3 Å². The van der Waals surface area contributed by atoms with Gasteiger partial charge in [-0.2, -0.15) is 5.26 Å². The molecule has 0 radical (unpaired) electrons. The second-order valence-electron chi connectivity index (χ2n) is 2.61. The largest absolute Gasteiger partial charge is 0.301 e. The number of rotatable bonds is 1. The molecule has 2 heterocycles. The van der Waals surface area contributed by atoms with E-state index in [2.05, 4.69) is 0 Å². The first-order valence-electron chi connectivity index (χ1n) is 3.76. The fourth-order valence-corrected chi connectivity index (χ4v) is 1.98. The molecule has 0 saturated carbocycles. The second-order valence-corrected chi connectivity index (χ2v) is 3.55. The molecule has 0 fully saturated rings. The lowest BCUT2D eigenvalue weighted by Crippen LogP contribution is -2.17. The van der Waals surface area contributed by atoms with Crippen molar-refractivity contribution in [3.8, 4) is 6.07 Å². The molecule has 0 aromatic carbocycles. The van der Waals surface area contributed by atoms with Gasteiger partial charge in [0.05, 0.1) is 11.5 Å². The first-order chi connectivity index (χ1) is 6.33. The Morgan fingerprint density at radius 1 is 1.54 bits per heavy atom. The number of hydrogen-bond acceptors (Lipinski definition) is 3. The van der Waals surface area contributed by atoms with Crippen molar-refractivity contribution in [3.05, 3.63) is 34.1 Å².